The Balaban J connectivity index is 2.12. The summed E-state index contributed by atoms with van der Waals surface area (Å²) < 4.78 is 0. The minimum atomic E-state index is 0.160. The predicted molar refractivity (Wildman–Crippen MR) is 69.1 cm³/mol. The van der Waals surface area contributed by atoms with E-state index in [1.807, 2.05) is 12.4 Å². The molecule has 0 fully saturated rings. The summed E-state index contributed by atoms with van der Waals surface area (Å²) in [7, 11) is 0. The number of aromatic amines is 1. The Morgan fingerprint density at radius 3 is 2.88 bits per heavy atom. The van der Waals surface area contributed by atoms with E-state index < -0.39 is 0 Å². The zero-order valence-corrected chi connectivity index (χ0v) is 10.4. The van der Waals surface area contributed by atoms with Crippen LogP contribution in [0.5, 0.6) is 0 Å². The maximum atomic E-state index is 4.52. The van der Waals surface area contributed by atoms with Crippen LogP contribution in [0.3, 0.4) is 0 Å². The summed E-state index contributed by atoms with van der Waals surface area (Å²) in [5, 5.41) is 0. The summed E-state index contributed by atoms with van der Waals surface area (Å²) in [4.78, 5) is 7.84. The smallest absolute Gasteiger partial charge is 0.113 e. The second kappa shape index (κ2) is 3.73. The van der Waals surface area contributed by atoms with Gasteiger partial charge in [0.15, 0.2) is 0 Å². The largest absolute Gasteiger partial charge is 0.348 e. The minimum absolute atomic E-state index is 0.160. The van der Waals surface area contributed by atoms with E-state index in [0.29, 0.717) is 5.92 Å². The highest BCUT2D eigenvalue weighted by Gasteiger charge is 2.45. The number of aromatic nitrogens is 2. The normalized spacial score (nSPS) is 27.1. The molecule has 1 N–H and O–H groups in total. The molecule has 2 atom stereocenters. The third-order valence-corrected chi connectivity index (χ3v) is 4.46. The first-order valence-corrected chi connectivity index (χ1v) is 6.35. The lowest BCUT2D eigenvalue weighted by Gasteiger charge is -2.30. The fraction of sp³-hybridized carbons (Fsp3) is 0.400. The molecule has 0 aliphatic heterocycles. The fourth-order valence-corrected chi connectivity index (χ4v) is 3.33. The molecule has 2 heteroatoms. The molecule has 0 amide bonds. The molecule has 2 nitrogen and oxygen atoms in total. The van der Waals surface area contributed by atoms with E-state index in [1.165, 1.54) is 11.1 Å². The van der Waals surface area contributed by atoms with Gasteiger partial charge in [-0.1, -0.05) is 38.1 Å². The molecule has 1 aliphatic carbocycles. The third kappa shape index (κ3) is 1.36. The molecule has 1 unspecified atom stereocenters. The molecular weight excluding hydrogens is 208 g/mol. The summed E-state index contributed by atoms with van der Waals surface area (Å²) in [5.74, 6) is 1.68. The number of benzene rings is 1. The SMILES string of the molecule is CCC1(c2ncc[nH]2)Cc2ccccc2[C@@H]1C. The predicted octanol–water partition coefficient (Wildman–Crippen LogP) is 3.42. The van der Waals surface area contributed by atoms with Crippen molar-refractivity contribution >= 4 is 0 Å². The molecule has 1 aromatic heterocycles. The fourth-order valence-electron chi connectivity index (χ4n) is 3.33. The van der Waals surface area contributed by atoms with Crippen molar-refractivity contribution in [2.45, 2.75) is 38.0 Å². The van der Waals surface area contributed by atoms with Crippen LogP contribution in [-0.2, 0) is 11.8 Å². The van der Waals surface area contributed by atoms with Crippen molar-refractivity contribution in [2.24, 2.45) is 0 Å². The first-order chi connectivity index (χ1) is 8.28. The van der Waals surface area contributed by atoms with Crippen LogP contribution in [0.25, 0.3) is 0 Å². The average molecular weight is 226 g/mol. The number of hydrogen-bond acceptors (Lipinski definition) is 1. The molecule has 0 bridgehead atoms. The van der Waals surface area contributed by atoms with Gasteiger partial charge in [-0.2, -0.15) is 0 Å². The molecule has 1 aromatic carbocycles. The Morgan fingerprint density at radius 2 is 2.24 bits per heavy atom. The maximum absolute atomic E-state index is 4.52. The Labute approximate surface area is 102 Å². The van der Waals surface area contributed by atoms with Crippen LogP contribution >= 0.6 is 0 Å². The highest BCUT2D eigenvalue weighted by Crippen LogP contribution is 2.49. The van der Waals surface area contributed by atoms with E-state index in [1.54, 1.807) is 0 Å². The molecule has 1 aliphatic rings. The molecule has 0 spiro atoms. The van der Waals surface area contributed by atoms with Crippen molar-refractivity contribution in [1.82, 2.24) is 9.97 Å². The van der Waals surface area contributed by atoms with Crippen LogP contribution < -0.4 is 0 Å². The van der Waals surface area contributed by atoms with Crippen molar-refractivity contribution in [3.63, 3.8) is 0 Å². The van der Waals surface area contributed by atoms with Crippen molar-refractivity contribution in [3.05, 3.63) is 53.6 Å². The summed E-state index contributed by atoms with van der Waals surface area (Å²) in [5.41, 5.74) is 3.14. The zero-order chi connectivity index (χ0) is 11.9. The lowest BCUT2D eigenvalue weighted by molar-refractivity contribution is 0.354. The highest BCUT2D eigenvalue weighted by molar-refractivity contribution is 5.42. The van der Waals surface area contributed by atoms with Crippen LogP contribution in [0.4, 0.5) is 0 Å². The van der Waals surface area contributed by atoms with Crippen LogP contribution in [-0.4, -0.2) is 9.97 Å². The molecule has 1 heterocycles. The summed E-state index contributed by atoms with van der Waals surface area (Å²) in [6, 6.07) is 8.80. The molecule has 17 heavy (non-hydrogen) atoms. The van der Waals surface area contributed by atoms with Gasteiger partial charge < -0.3 is 4.98 Å². The van der Waals surface area contributed by atoms with E-state index >= 15 is 0 Å². The summed E-state index contributed by atoms with van der Waals surface area (Å²) in [6.07, 6.45) is 6.02. The molecular formula is C15H18N2. The molecule has 3 rings (SSSR count). The number of nitrogens with one attached hydrogen (secondary N) is 1. The first kappa shape index (κ1) is 10.6. The number of imidazole rings is 1. The van der Waals surface area contributed by atoms with Gasteiger partial charge in [0.2, 0.25) is 0 Å². The highest BCUT2D eigenvalue weighted by atomic mass is 14.9. The van der Waals surface area contributed by atoms with E-state index in [9.17, 15) is 0 Å². The Hall–Kier alpha value is -1.57. The number of hydrogen-bond donors (Lipinski definition) is 1. The van der Waals surface area contributed by atoms with Gasteiger partial charge in [-0.25, -0.2) is 4.98 Å². The van der Waals surface area contributed by atoms with Gasteiger partial charge in [0.25, 0.3) is 0 Å². The quantitative estimate of drug-likeness (QED) is 0.835. The van der Waals surface area contributed by atoms with E-state index in [4.69, 9.17) is 0 Å². The van der Waals surface area contributed by atoms with Gasteiger partial charge in [-0.3, -0.25) is 0 Å². The number of rotatable bonds is 2. The van der Waals surface area contributed by atoms with Crippen LogP contribution in [0.15, 0.2) is 36.7 Å². The lowest BCUT2D eigenvalue weighted by Crippen LogP contribution is -2.30. The zero-order valence-electron chi connectivity index (χ0n) is 10.4. The first-order valence-electron chi connectivity index (χ1n) is 6.35. The second-order valence-corrected chi connectivity index (χ2v) is 5.04. The molecule has 0 saturated heterocycles. The topological polar surface area (TPSA) is 28.7 Å². The monoisotopic (exact) mass is 226 g/mol. The van der Waals surface area contributed by atoms with Crippen LogP contribution in [0.1, 0.15) is 43.1 Å². The van der Waals surface area contributed by atoms with Gasteiger partial charge in [0.1, 0.15) is 5.82 Å². The van der Waals surface area contributed by atoms with E-state index in [0.717, 1.165) is 18.7 Å². The molecule has 88 valence electrons. The van der Waals surface area contributed by atoms with Gasteiger partial charge in [-0.05, 0) is 29.9 Å². The van der Waals surface area contributed by atoms with Crippen molar-refractivity contribution < 1.29 is 0 Å². The number of H-pyrrole nitrogens is 1. The molecule has 0 saturated carbocycles. The molecule has 0 radical (unpaired) electrons. The van der Waals surface area contributed by atoms with Gasteiger partial charge in [0.05, 0.1) is 0 Å². The Morgan fingerprint density at radius 1 is 1.41 bits per heavy atom. The summed E-state index contributed by atoms with van der Waals surface area (Å²) in [6.45, 7) is 4.60. The van der Waals surface area contributed by atoms with Crippen molar-refractivity contribution in [3.8, 4) is 0 Å². The van der Waals surface area contributed by atoms with E-state index in [2.05, 4.69) is 48.1 Å². The third-order valence-electron chi connectivity index (χ3n) is 4.46. The van der Waals surface area contributed by atoms with Gasteiger partial charge in [-0.15, -0.1) is 0 Å². The second-order valence-electron chi connectivity index (χ2n) is 5.04. The Bertz CT molecular complexity index is 515. The van der Waals surface area contributed by atoms with Crippen molar-refractivity contribution in [1.29, 1.82) is 0 Å². The van der Waals surface area contributed by atoms with E-state index in [-0.39, 0.29) is 5.41 Å². The standard InChI is InChI=1S/C15H18N2/c1-3-15(14-16-8-9-17-14)10-12-6-4-5-7-13(12)11(15)2/h4-9,11H,3,10H2,1-2H3,(H,16,17)/t11-,15?/m0/s1. The average Bonchev–Trinajstić information content (AvgIpc) is 2.97. The lowest BCUT2D eigenvalue weighted by atomic mass is 9.74. The van der Waals surface area contributed by atoms with Gasteiger partial charge in [0, 0.05) is 17.8 Å². The van der Waals surface area contributed by atoms with Crippen LogP contribution in [0.2, 0.25) is 0 Å². The van der Waals surface area contributed by atoms with Crippen LogP contribution in [0, 0.1) is 0 Å². The Kier molecular flexibility index (Phi) is 2.32. The maximum Gasteiger partial charge on any atom is 0.113 e. The van der Waals surface area contributed by atoms with Gasteiger partial charge >= 0.3 is 0 Å². The summed E-state index contributed by atoms with van der Waals surface area (Å²) >= 11 is 0. The molecule has 2 aromatic rings. The minimum Gasteiger partial charge on any atom is -0.348 e. The number of nitrogens with zero attached hydrogens (tertiary/aromatic N) is 1. The van der Waals surface area contributed by atoms with Crippen molar-refractivity contribution in [2.75, 3.05) is 0 Å². The number of fused-ring (bicyclic) bond motifs is 1.